The standard InChI is InChI=1S/Fe.H6O13P4/c;1-14(2,3)11-16(7,8)13-17(9,10)12-15(4,5)6/h;(H,7,8)(H,9,10)(H2,1,2,3)(H2,4,5,6). The van der Waals surface area contributed by atoms with Crippen LogP contribution in [-0.4, -0.2) is 29.4 Å². The molecule has 0 aliphatic carbocycles. The second-order valence-corrected chi connectivity index (χ2v) is 7.96. The Morgan fingerprint density at radius 3 is 0.944 bits per heavy atom. The molecule has 0 aromatic rings. The quantitative estimate of drug-likeness (QED) is 0.246. The summed E-state index contributed by atoms with van der Waals surface area (Å²) in [6, 6.07) is 0. The Kier molecular flexibility index (Phi) is 7.94. The molecule has 0 saturated heterocycles. The number of phosphoric acid groups is 4. The van der Waals surface area contributed by atoms with Gasteiger partial charge in [-0.2, -0.15) is 12.9 Å². The van der Waals surface area contributed by atoms with Crippen molar-refractivity contribution in [2.45, 2.75) is 0 Å². The van der Waals surface area contributed by atoms with Crippen LogP contribution in [0.3, 0.4) is 0 Å². The van der Waals surface area contributed by atoms with Crippen molar-refractivity contribution in [2.24, 2.45) is 0 Å². The second-order valence-electron chi connectivity index (χ2n) is 2.16. The summed E-state index contributed by atoms with van der Waals surface area (Å²) in [7, 11) is -22.6. The summed E-state index contributed by atoms with van der Waals surface area (Å²) in [5, 5.41) is 0. The largest absolute Gasteiger partial charge is 0.490 e. The van der Waals surface area contributed by atoms with Crippen LogP contribution in [0.5, 0.6) is 0 Å². The number of hydrogen-bond donors (Lipinski definition) is 6. The zero-order chi connectivity index (χ0) is 14.1. The Morgan fingerprint density at radius 1 is 0.556 bits per heavy atom. The van der Waals surface area contributed by atoms with E-state index in [9.17, 15) is 18.3 Å². The molecule has 0 aliphatic rings. The first kappa shape index (κ1) is 21.4. The Bertz CT molecular complexity index is 408. The van der Waals surface area contributed by atoms with Crippen LogP contribution in [-0.2, 0) is 48.3 Å². The molecular formula is H6FeO13P4. The van der Waals surface area contributed by atoms with Crippen LogP contribution in [0.25, 0.3) is 0 Å². The van der Waals surface area contributed by atoms with Gasteiger partial charge in [0.25, 0.3) is 0 Å². The smallest absolute Gasteiger partial charge is 0.302 e. The van der Waals surface area contributed by atoms with Crippen LogP contribution in [0.15, 0.2) is 0 Å². The van der Waals surface area contributed by atoms with Crippen LogP contribution in [0.1, 0.15) is 0 Å². The fraction of sp³-hybridized carbons (Fsp3) is 0. The molecule has 0 aromatic carbocycles. The van der Waals surface area contributed by atoms with Gasteiger partial charge in [-0.15, -0.1) is 0 Å². The zero-order valence-electron chi connectivity index (χ0n) is 7.68. The van der Waals surface area contributed by atoms with E-state index in [4.69, 9.17) is 29.4 Å². The molecule has 112 valence electrons. The summed E-state index contributed by atoms with van der Waals surface area (Å²) >= 11 is 0. The summed E-state index contributed by atoms with van der Waals surface area (Å²) in [6.45, 7) is 0. The van der Waals surface area contributed by atoms with Gasteiger partial charge in [-0.1, -0.05) is 0 Å². The maximum atomic E-state index is 10.7. The number of hydrogen-bond acceptors (Lipinski definition) is 7. The molecule has 0 amide bonds. The maximum absolute atomic E-state index is 10.7. The van der Waals surface area contributed by atoms with Crippen molar-refractivity contribution >= 4 is 31.3 Å². The summed E-state index contributed by atoms with van der Waals surface area (Å²) in [5.41, 5.74) is 0. The van der Waals surface area contributed by atoms with Gasteiger partial charge in [0.05, 0.1) is 0 Å². The predicted octanol–water partition coefficient (Wildman–Crippen LogP) is -0.580. The van der Waals surface area contributed by atoms with E-state index in [1.807, 2.05) is 0 Å². The normalized spacial score (nSPS) is 19.4. The van der Waals surface area contributed by atoms with Gasteiger partial charge in [0, 0.05) is 17.1 Å². The third-order valence-corrected chi connectivity index (χ3v) is 5.63. The first-order chi connectivity index (χ1) is 7.12. The van der Waals surface area contributed by atoms with Gasteiger partial charge in [-0.3, -0.25) is 0 Å². The fourth-order valence-corrected chi connectivity index (χ4v) is 4.40. The minimum absolute atomic E-state index is 0. The molecule has 13 nitrogen and oxygen atoms in total. The minimum Gasteiger partial charge on any atom is -0.302 e. The third kappa shape index (κ3) is 12.1. The molecule has 0 spiro atoms. The third-order valence-electron chi connectivity index (χ3n) is 0.625. The maximum Gasteiger partial charge on any atom is 0.490 e. The minimum atomic E-state index is -5.77. The molecule has 0 aromatic heterocycles. The monoisotopic (exact) mass is 394 g/mol. The van der Waals surface area contributed by atoms with Crippen LogP contribution in [0.2, 0.25) is 0 Å². The molecule has 0 saturated carbocycles. The van der Waals surface area contributed by atoms with Gasteiger partial charge < -0.3 is 29.4 Å². The van der Waals surface area contributed by atoms with E-state index in [0.29, 0.717) is 0 Å². The first-order valence-electron chi connectivity index (χ1n) is 3.03. The molecule has 0 fully saturated rings. The van der Waals surface area contributed by atoms with E-state index < -0.39 is 31.3 Å². The van der Waals surface area contributed by atoms with E-state index >= 15 is 0 Å². The van der Waals surface area contributed by atoms with Gasteiger partial charge >= 0.3 is 31.3 Å². The molecule has 0 heterocycles. The SMILES string of the molecule is O=P(O)(O)OP(=O)(O)OP(=O)(O)OP(=O)(O)O.[Fe]. The molecule has 0 radical (unpaired) electrons. The van der Waals surface area contributed by atoms with Crippen molar-refractivity contribution < 1.29 is 77.6 Å². The van der Waals surface area contributed by atoms with Crippen molar-refractivity contribution in [1.82, 2.24) is 0 Å². The molecule has 0 aliphatic heterocycles. The topological polar surface area (TPSA) is 217 Å². The van der Waals surface area contributed by atoms with Crippen molar-refractivity contribution in [3.8, 4) is 0 Å². The van der Waals surface area contributed by atoms with Gasteiger partial charge in [-0.05, 0) is 0 Å². The van der Waals surface area contributed by atoms with E-state index in [1.165, 1.54) is 0 Å². The van der Waals surface area contributed by atoms with Crippen molar-refractivity contribution in [1.29, 1.82) is 0 Å². The molecule has 2 unspecified atom stereocenters. The van der Waals surface area contributed by atoms with Crippen molar-refractivity contribution in [3.63, 3.8) is 0 Å². The van der Waals surface area contributed by atoms with Gasteiger partial charge in [0.2, 0.25) is 0 Å². The van der Waals surface area contributed by atoms with E-state index in [1.54, 1.807) is 0 Å². The van der Waals surface area contributed by atoms with Crippen molar-refractivity contribution in [2.75, 3.05) is 0 Å². The summed E-state index contributed by atoms with van der Waals surface area (Å²) in [4.78, 5) is 49.4. The van der Waals surface area contributed by atoms with Gasteiger partial charge in [-0.25, -0.2) is 18.3 Å². The molecular weight excluding hydrogens is 388 g/mol. The molecule has 0 bridgehead atoms. The number of rotatable bonds is 6. The summed E-state index contributed by atoms with van der Waals surface area (Å²) < 4.78 is 50.9. The van der Waals surface area contributed by atoms with Gasteiger partial charge in [0.15, 0.2) is 0 Å². The van der Waals surface area contributed by atoms with Crippen LogP contribution >= 0.6 is 31.3 Å². The van der Waals surface area contributed by atoms with Gasteiger partial charge in [0.1, 0.15) is 0 Å². The molecule has 18 heteroatoms. The Labute approximate surface area is 109 Å². The molecule has 2 atom stereocenters. The average molecular weight is 394 g/mol. The summed E-state index contributed by atoms with van der Waals surface area (Å²) in [6.07, 6.45) is 0. The Balaban J connectivity index is 0. The average Bonchev–Trinajstić information content (AvgIpc) is 1.65. The fourth-order valence-electron chi connectivity index (χ4n) is 0.429. The Morgan fingerprint density at radius 2 is 0.778 bits per heavy atom. The first-order valence-corrected chi connectivity index (χ1v) is 9.08. The van der Waals surface area contributed by atoms with Crippen LogP contribution < -0.4 is 0 Å². The van der Waals surface area contributed by atoms with E-state index in [0.717, 1.165) is 0 Å². The van der Waals surface area contributed by atoms with E-state index in [2.05, 4.69) is 12.9 Å². The van der Waals surface area contributed by atoms with Crippen LogP contribution in [0, 0.1) is 0 Å². The Hall–Kier alpha value is 1.08. The van der Waals surface area contributed by atoms with Crippen LogP contribution in [0.4, 0.5) is 0 Å². The molecule has 6 N–H and O–H groups in total. The molecule has 18 heavy (non-hydrogen) atoms. The van der Waals surface area contributed by atoms with Crippen molar-refractivity contribution in [3.05, 3.63) is 0 Å². The molecule has 0 rings (SSSR count). The summed E-state index contributed by atoms with van der Waals surface area (Å²) in [5.74, 6) is 0. The predicted molar refractivity (Wildman–Crippen MR) is 47.0 cm³/mol. The van der Waals surface area contributed by atoms with E-state index in [-0.39, 0.29) is 17.1 Å². The zero-order valence-corrected chi connectivity index (χ0v) is 12.4. The second kappa shape index (κ2) is 6.69.